The molecular formula is C17H24N4O3. The SMILES string of the molecule is O=C(C1CCN(c2ccc([N+](=O)[O-])cn2)CC1)N1CCCCCC1. The molecule has 1 aromatic heterocycles. The highest BCUT2D eigenvalue weighted by Gasteiger charge is 2.29. The van der Waals surface area contributed by atoms with Gasteiger partial charge in [0.1, 0.15) is 12.0 Å². The standard InChI is InChI=1S/C17H24N4O3/c22-17(20-9-3-1-2-4-10-20)14-7-11-19(12-8-14)16-6-5-15(13-18-16)21(23)24/h5-6,13-14H,1-4,7-12H2. The second-order valence-corrected chi connectivity index (χ2v) is 6.63. The van der Waals surface area contributed by atoms with Crippen molar-refractivity contribution in [3.8, 4) is 0 Å². The monoisotopic (exact) mass is 332 g/mol. The minimum Gasteiger partial charge on any atom is -0.357 e. The first-order valence-electron chi connectivity index (χ1n) is 8.79. The predicted molar refractivity (Wildman–Crippen MR) is 90.9 cm³/mol. The fraction of sp³-hybridized carbons (Fsp3) is 0.647. The molecule has 3 rings (SSSR count). The van der Waals surface area contributed by atoms with Crippen LogP contribution in [-0.2, 0) is 4.79 Å². The minimum atomic E-state index is -0.442. The molecule has 0 spiro atoms. The number of aromatic nitrogens is 1. The number of pyridine rings is 1. The topological polar surface area (TPSA) is 79.6 Å². The molecule has 0 aliphatic carbocycles. The van der Waals surface area contributed by atoms with Crippen molar-refractivity contribution >= 4 is 17.4 Å². The molecule has 0 atom stereocenters. The van der Waals surface area contributed by atoms with E-state index in [-0.39, 0.29) is 11.6 Å². The maximum absolute atomic E-state index is 12.7. The van der Waals surface area contributed by atoms with Gasteiger partial charge < -0.3 is 9.80 Å². The molecule has 0 unspecified atom stereocenters. The number of rotatable bonds is 3. The van der Waals surface area contributed by atoms with Gasteiger partial charge in [-0.1, -0.05) is 12.8 Å². The van der Waals surface area contributed by atoms with Gasteiger partial charge in [0, 0.05) is 38.2 Å². The summed E-state index contributed by atoms with van der Waals surface area (Å²) >= 11 is 0. The van der Waals surface area contributed by atoms with Crippen LogP contribution in [0.3, 0.4) is 0 Å². The van der Waals surface area contributed by atoms with Crippen molar-refractivity contribution in [1.29, 1.82) is 0 Å². The van der Waals surface area contributed by atoms with E-state index >= 15 is 0 Å². The van der Waals surface area contributed by atoms with E-state index in [0.29, 0.717) is 5.91 Å². The van der Waals surface area contributed by atoms with Crippen molar-refractivity contribution in [2.24, 2.45) is 5.92 Å². The van der Waals surface area contributed by atoms with Crippen molar-refractivity contribution in [3.05, 3.63) is 28.4 Å². The number of likely N-dealkylation sites (tertiary alicyclic amines) is 1. The molecule has 2 fully saturated rings. The molecule has 0 N–H and O–H groups in total. The van der Waals surface area contributed by atoms with E-state index in [1.165, 1.54) is 25.1 Å². The summed E-state index contributed by atoms with van der Waals surface area (Å²) in [6.45, 7) is 3.36. The molecule has 0 aromatic carbocycles. The van der Waals surface area contributed by atoms with Gasteiger partial charge in [0.25, 0.3) is 5.69 Å². The quantitative estimate of drug-likeness (QED) is 0.628. The lowest BCUT2D eigenvalue weighted by Gasteiger charge is -2.34. The molecule has 0 saturated carbocycles. The zero-order chi connectivity index (χ0) is 16.9. The number of hydrogen-bond acceptors (Lipinski definition) is 5. The summed E-state index contributed by atoms with van der Waals surface area (Å²) in [4.78, 5) is 31.3. The van der Waals surface area contributed by atoms with E-state index in [1.54, 1.807) is 6.07 Å². The largest absolute Gasteiger partial charge is 0.357 e. The molecule has 2 aliphatic rings. The van der Waals surface area contributed by atoms with E-state index < -0.39 is 4.92 Å². The number of amides is 1. The van der Waals surface area contributed by atoms with E-state index in [1.807, 2.05) is 0 Å². The van der Waals surface area contributed by atoms with Crippen LogP contribution in [0.4, 0.5) is 11.5 Å². The zero-order valence-corrected chi connectivity index (χ0v) is 13.9. The summed E-state index contributed by atoms with van der Waals surface area (Å²) in [6, 6.07) is 3.17. The van der Waals surface area contributed by atoms with Gasteiger partial charge in [0.15, 0.2) is 0 Å². The van der Waals surface area contributed by atoms with Crippen LogP contribution < -0.4 is 4.90 Å². The number of nitrogens with zero attached hydrogens (tertiary/aromatic N) is 4. The summed E-state index contributed by atoms with van der Waals surface area (Å²) in [7, 11) is 0. The summed E-state index contributed by atoms with van der Waals surface area (Å²) in [5.74, 6) is 1.17. The van der Waals surface area contributed by atoms with Crippen molar-refractivity contribution in [2.45, 2.75) is 38.5 Å². The Labute approximate surface area is 141 Å². The highest BCUT2D eigenvalue weighted by molar-refractivity contribution is 5.79. The average Bonchev–Trinajstić information content (AvgIpc) is 2.91. The first kappa shape index (κ1) is 16.7. The van der Waals surface area contributed by atoms with Crippen LogP contribution >= 0.6 is 0 Å². The number of anilines is 1. The first-order chi connectivity index (χ1) is 11.6. The Hall–Kier alpha value is -2.18. The lowest BCUT2D eigenvalue weighted by atomic mass is 9.95. The third kappa shape index (κ3) is 3.83. The Kier molecular flexibility index (Phi) is 5.27. The van der Waals surface area contributed by atoms with Crippen molar-refractivity contribution in [3.63, 3.8) is 0 Å². The lowest BCUT2D eigenvalue weighted by molar-refractivity contribution is -0.385. The first-order valence-corrected chi connectivity index (χ1v) is 8.79. The molecule has 0 radical (unpaired) electrons. The number of carbonyl (C=O) groups is 1. The number of hydrogen-bond donors (Lipinski definition) is 0. The van der Waals surface area contributed by atoms with Crippen LogP contribution in [0.25, 0.3) is 0 Å². The van der Waals surface area contributed by atoms with Gasteiger partial charge in [0.2, 0.25) is 5.91 Å². The molecular weight excluding hydrogens is 308 g/mol. The van der Waals surface area contributed by atoms with E-state index in [9.17, 15) is 14.9 Å². The van der Waals surface area contributed by atoms with Gasteiger partial charge in [-0.2, -0.15) is 0 Å². The normalized spacial score (nSPS) is 19.8. The smallest absolute Gasteiger partial charge is 0.287 e. The van der Waals surface area contributed by atoms with Crippen LogP contribution in [0.5, 0.6) is 0 Å². The Morgan fingerprint density at radius 1 is 1.08 bits per heavy atom. The zero-order valence-electron chi connectivity index (χ0n) is 13.9. The Morgan fingerprint density at radius 3 is 2.29 bits per heavy atom. The maximum atomic E-state index is 12.7. The van der Waals surface area contributed by atoms with Crippen molar-refractivity contribution in [2.75, 3.05) is 31.1 Å². The average molecular weight is 332 g/mol. The molecule has 1 aromatic rings. The third-order valence-electron chi connectivity index (χ3n) is 5.03. The van der Waals surface area contributed by atoms with Crippen LogP contribution in [0.2, 0.25) is 0 Å². The van der Waals surface area contributed by atoms with Crippen LogP contribution in [0.1, 0.15) is 38.5 Å². The molecule has 2 saturated heterocycles. The second-order valence-electron chi connectivity index (χ2n) is 6.63. The van der Waals surface area contributed by atoms with Gasteiger partial charge in [-0.25, -0.2) is 4.98 Å². The van der Waals surface area contributed by atoms with Crippen molar-refractivity contribution < 1.29 is 9.72 Å². The van der Waals surface area contributed by atoms with E-state index in [2.05, 4.69) is 14.8 Å². The summed E-state index contributed by atoms with van der Waals surface area (Å²) < 4.78 is 0. The summed E-state index contributed by atoms with van der Waals surface area (Å²) in [5, 5.41) is 10.7. The van der Waals surface area contributed by atoms with Crippen LogP contribution in [0.15, 0.2) is 18.3 Å². The highest BCUT2D eigenvalue weighted by atomic mass is 16.6. The Bertz CT molecular complexity index is 574. The van der Waals surface area contributed by atoms with E-state index in [4.69, 9.17) is 0 Å². The molecule has 1 amide bonds. The molecule has 3 heterocycles. The highest BCUT2D eigenvalue weighted by Crippen LogP contribution is 2.25. The van der Waals surface area contributed by atoms with Crippen LogP contribution in [0, 0.1) is 16.0 Å². The summed E-state index contributed by atoms with van der Waals surface area (Å²) in [5.41, 5.74) is 0.00461. The molecule has 2 aliphatic heterocycles. The fourth-order valence-electron chi connectivity index (χ4n) is 3.58. The predicted octanol–water partition coefficient (Wildman–Crippen LogP) is 2.61. The molecule has 130 valence electrons. The fourth-order valence-corrected chi connectivity index (χ4v) is 3.58. The molecule has 7 nitrogen and oxygen atoms in total. The van der Waals surface area contributed by atoms with E-state index in [0.717, 1.165) is 57.7 Å². The number of carbonyl (C=O) groups excluding carboxylic acids is 1. The van der Waals surface area contributed by atoms with Gasteiger partial charge in [-0.3, -0.25) is 14.9 Å². The van der Waals surface area contributed by atoms with Crippen molar-refractivity contribution in [1.82, 2.24) is 9.88 Å². The number of nitro groups is 1. The molecule has 0 bridgehead atoms. The molecule has 24 heavy (non-hydrogen) atoms. The Balaban J connectivity index is 1.55. The van der Waals surface area contributed by atoms with Gasteiger partial charge in [0.05, 0.1) is 4.92 Å². The third-order valence-corrected chi connectivity index (χ3v) is 5.03. The molecule has 7 heteroatoms. The maximum Gasteiger partial charge on any atom is 0.287 e. The summed E-state index contributed by atoms with van der Waals surface area (Å²) in [6.07, 6.45) is 7.66. The lowest BCUT2D eigenvalue weighted by Crippen LogP contribution is -2.43. The number of piperidine rings is 1. The van der Waals surface area contributed by atoms with Crippen LogP contribution in [-0.4, -0.2) is 46.9 Å². The van der Waals surface area contributed by atoms with Gasteiger partial charge in [-0.15, -0.1) is 0 Å². The minimum absolute atomic E-state index is 0.00461. The Morgan fingerprint density at radius 2 is 1.75 bits per heavy atom. The van der Waals surface area contributed by atoms with Gasteiger partial charge in [-0.05, 0) is 31.7 Å². The second kappa shape index (κ2) is 7.59. The van der Waals surface area contributed by atoms with Gasteiger partial charge >= 0.3 is 0 Å².